The highest BCUT2D eigenvalue weighted by Crippen LogP contribution is 2.31. The third kappa shape index (κ3) is 4.20. The SMILES string of the molecule is CC(=O)c1ccc(N2CCN(Cc3csc(-c4ccco4)n3)CC2)c([N+](=O)[O-])c1. The van der Waals surface area contributed by atoms with Gasteiger partial charge in [-0.05, 0) is 31.2 Å². The molecule has 0 radical (unpaired) electrons. The van der Waals surface area contributed by atoms with Gasteiger partial charge in [0.25, 0.3) is 5.69 Å². The summed E-state index contributed by atoms with van der Waals surface area (Å²) >= 11 is 1.56. The second-order valence-electron chi connectivity index (χ2n) is 6.90. The van der Waals surface area contributed by atoms with Crippen molar-refractivity contribution in [1.29, 1.82) is 0 Å². The summed E-state index contributed by atoms with van der Waals surface area (Å²) in [6, 6.07) is 8.45. The molecule has 0 N–H and O–H groups in total. The van der Waals surface area contributed by atoms with Gasteiger partial charge in [-0.25, -0.2) is 4.98 Å². The molecule has 0 amide bonds. The van der Waals surface area contributed by atoms with E-state index in [1.807, 2.05) is 22.4 Å². The molecular formula is C20H20N4O4S. The number of rotatable bonds is 6. The first-order valence-corrected chi connectivity index (χ1v) is 10.1. The fourth-order valence-electron chi connectivity index (χ4n) is 3.43. The Morgan fingerprint density at radius 3 is 2.72 bits per heavy atom. The minimum absolute atomic E-state index is 0.0197. The van der Waals surface area contributed by atoms with Crippen molar-refractivity contribution in [1.82, 2.24) is 9.88 Å². The smallest absolute Gasteiger partial charge is 0.293 e. The molecule has 9 heteroatoms. The number of hydrogen-bond donors (Lipinski definition) is 0. The summed E-state index contributed by atoms with van der Waals surface area (Å²) < 4.78 is 5.39. The van der Waals surface area contributed by atoms with Crippen molar-refractivity contribution in [3.8, 4) is 10.8 Å². The van der Waals surface area contributed by atoms with Crippen LogP contribution in [0.25, 0.3) is 10.8 Å². The Balaban J connectivity index is 1.41. The van der Waals surface area contributed by atoms with Gasteiger partial charge in [0.15, 0.2) is 16.6 Å². The van der Waals surface area contributed by atoms with E-state index in [2.05, 4.69) is 9.88 Å². The van der Waals surface area contributed by atoms with Crippen LogP contribution in [0.2, 0.25) is 0 Å². The predicted molar refractivity (Wildman–Crippen MR) is 110 cm³/mol. The molecule has 3 aromatic rings. The first kappa shape index (κ1) is 19.3. The highest BCUT2D eigenvalue weighted by Gasteiger charge is 2.25. The van der Waals surface area contributed by atoms with Gasteiger partial charge in [0.1, 0.15) is 5.69 Å². The number of nitrogens with zero attached hydrogens (tertiary/aromatic N) is 4. The molecule has 1 fully saturated rings. The molecule has 4 rings (SSSR count). The van der Waals surface area contributed by atoms with Crippen molar-refractivity contribution in [3.05, 3.63) is 63.3 Å². The number of nitro benzene ring substituents is 1. The number of Topliss-reactive ketones (excluding diaryl/α,β-unsaturated/α-hetero) is 1. The van der Waals surface area contributed by atoms with Crippen LogP contribution in [0, 0.1) is 10.1 Å². The van der Waals surface area contributed by atoms with Gasteiger partial charge in [-0.2, -0.15) is 0 Å². The van der Waals surface area contributed by atoms with E-state index in [9.17, 15) is 14.9 Å². The maximum atomic E-state index is 11.5. The number of ketones is 1. The van der Waals surface area contributed by atoms with E-state index in [0.717, 1.165) is 36.1 Å². The Morgan fingerprint density at radius 1 is 1.28 bits per heavy atom. The number of hydrogen-bond acceptors (Lipinski definition) is 8. The Hall–Kier alpha value is -3.04. The Bertz CT molecular complexity index is 1020. The molecule has 1 aromatic carbocycles. The lowest BCUT2D eigenvalue weighted by Crippen LogP contribution is -2.46. The second-order valence-corrected chi connectivity index (χ2v) is 7.76. The van der Waals surface area contributed by atoms with E-state index in [-0.39, 0.29) is 11.5 Å². The monoisotopic (exact) mass is 412 g/mol. The van der Waals surface area contributed by atoms with Crippen molar-refractivity contribution in [3.63, 3.8) is 0 Å². The lowest BCUT2D eigenvalue weighted by molar-refractivity contribution is -0.384. The van der Waals surface area contributed by atoms with E-state index in [0.29, 0.717) is 24.3 Å². The zero-order chi connectivity index (χ0) is 20.4. The van der Waals surface area contributed by atoms with E-state index in [1.165, 1.54) is 13.0 Å². The second kappa shape index (κ2) is 8.14. The van der Waals surface area contributed by atoms with Gasteiger partial charge in [-0.1, -0.05) is 0 Å². The van der Waals surface area contributed by atoms with Crippen molar-refractivity contribution < 1.29 is 14.1 Å². The Kier molecular flexibility index (Phi) is 5.41. The van der Waals surface area contributed by atoms with E-state index < -0.39 is 4.92 Å². The standard InChI is InChI=1S/C20H20N4O4S/c1-14(25)15-4-5-17(18(11-15)24(26)27)23-8-6-22(7-9-23)12-16-13-29-20(21-16)19-3-2-10-28-19/h2-5,10-11,13H,6-9,12H2,1H3. The van der Waals surface area contributed by atoms with Crippen LogP contribution in [0.3, 0.4) is 0 Å². The number of carbonyl (C=O) groups is 1. The first-order valence-electron chi connectivity index (χ1n) is 9.26. The summed E-state index contributed by atoms with van der Waals surface area (Å²) in [5, 5.41) is 14.4. The maximum absolute atomic E-state index is 11.5. The van der Waals surface area contributed by atoms with Crippen LogP contribution in [0.15, 0.2) is 46.4 Å². The fourth-order valence-corrected chi connectivity index (χ4v) is 4.20. The van der Waals surface area contributed by atoms with Crippen LogP contribution in [-0.4, -0.2) is 46.8 Å². The Labute approximate surface area is 171 Å². The van der Waals surface area contributed by atoms with Crippen LogP contribution in [0.1, 0.15) is 23.0 Å². The molecule has 29 heavy (non-hydrogen) atoms. The van der Waals surface area contributed by atoms with E-state index in [1.54, 1.807) is 29.7 Å². The van der Waals surface area contributed by atoms with Crippen molar-refractivity contribution in [2.45, 2.75) is 13.5 Å². The number of anilines is 1. The van der Waals surface area contributed by atoms with Crippen LogP contribution in [0.4, 0.5) is 11.4 Å². The van der Waals surface area contributed by atoms with Crippen LogP contribution in [-0.2, 0) is 6.54 Å². The lowest BCUT2D eigenvalue weighted by Gasteiger charge is -2.35. The Morgan fingerprint density at radius 2 is 2.07 bits per heavy atom. The average Bonchev–Trinajstić information content (AvgIpc) is 3.40. The van der Waals surface area contributed by atoms with E-state index in [4.69, 9.17) is 4.42 Å². The van der Waals surface area contributed by atoms with Gasteiger partial charge in [0, 0.05) is 49.7 Å². The molecule has 0 atom stereocenters. The molecule has 0 saturated carbocycles. The molecule has 3 heterocycles. The highest BCUT2D eigenvalue weighted by atomic mass is 32.1. The quantitative estimate of drug-likeness (QED) is 0.345. The summed E-state index contributed by atoms with van der Waals surface area (Å²) in [5.41, 5.74) is 1.89. The van der Waals surface area contributed by atoms with Crippen LogP contribution >= 0.6 is 11.3 Å². The van der Waals surface area contributed by atoms with Gasteiger partial charge in [0.05, 0.1) is 16.9 Å². The molecule has 1 saturated heterocycles. The number of thiazole rings is 1. The number of furan rings is 1. The molecule has 0 bridgehead atoms. The maximum Gasteiger partial charge on any atom is 0.293 e. The highest BCUT2D eigenvalue weighted by molar-refractivity contribution is 7.13. The number of nitro groups is 1. The van der Waals surface area contributed by atoms with Crippen molar-refractivity contribution >= 4 is 28.5 Å². The molecule has 8 nitrogen and oxygen atoms in total. The third-order valence-corrected chi connectivity index (χ3v) is 5.87. The number of piperazine rings is 1. The van der Waals surface area contributed by atoms with Gasteiger partial charge in [-0.3, -0.25) is 19.8 Å². The lowest BCUT2D eigenvalue weighted by atomic mass is 10.1. The molecule has 0 spiro atoms. The van der Waals surface area contributed by atoms with Crippen LogP contribution < -0.4 is 4.90 Å². The zero-order valence-corrected chi connectivity index (χ0v) is 16.7. The largest absolute Gasteiger partial charge is 0.462 e. The number of carbonyl (C=O) groups excluding carboxylic acids is 1. The fraction of sp³-hybridized carbons (Fsp3) is 0.300. The molecule has 0 aliphatic carbocycles. The van der Waals surface area contributed by atoms with Gasteiger partial charge < -0.3 is 9.32 Å². The van der Waals surface area contributed by atoms with Crippen LogP contribution in [0.5, 0.6) is 0 Å². The van der Waals surface area contributed by atoms with Crippen molar-refractivity contribution in [2.75, 3.05) is 31.1 Å². The topological polar surface area (TPSA) is 92.7 Å². The minimum Gasteiger partial charge on any atom is -0.462 e. The average molecular weight is 412 g/mol. The molecule has 1 aliphatic heterocycles. The predicted octanol–water partition coefficient (Wildman–Crippen LogP) is 3.84. The van der Waals surface area contributed by atoms with Gasteiger partial charge >= 0.3 is 0 Å². The summed E-state index contributed by atoms with van der Waals surface area (Å²) in [7, 11) is 0. The first-order chi connectivity index (χ1) is 14.0. The summed E-state index contributed by atoms with van der Waals surface area (Å²) in [6.07, 6.45) is 1.64. The third-order valence-electron chi connectivity index (χ3n) is 4.96. The zero-order valence-electron chi connectivity index (χ0n) is 15.9. The number of benzene rings is 1. The van der Waals surface area contributed by atoms with E-state index >= 15 is 0 Å². The number of aromatic nitrogens is 1. The summed E-state index contributed by atoms with van der Waals surface area (Å²) in [6.45, 7) is 5.05. The summed E-state index contributed by atoms with van der Waals surface area (Å²) in [4.78, 5) is 31.5. The minimum atomic E-state index is -0.417. The van der Waals surface area contributed by atoms with Gasteiger partial charge in [-0.15, -0.1) is 11.3 Å². The normalized spacial score (nSPS) is 14.9. The molecule has 2 aromatic heterocycles. The molecule has 150 valence electrons. The summed E-state index contributed by atoms with van der Waals surface area (Å²) in [5.74, 6) is 0.592. The van der Waals surface area contributed by atoms with Crippen molar-refractivity contribution in [2.24, 2.45) is 0 Å². The van der Waals surface area contributed by atoms with Gasteiger partial charge in [0.2, 0.25) is 0 Å². The molecular weight excluding hydrogens is 392 g/mol. The molecule has 0 unspecified atom stereocenters. The molecule has 1 aliphatic rings.